The molecule has 0 fully saturated rings. The van der Waals surface area contributed by atoms with E-state index in [2.05, 4.69) is 36.4 Å². The molecule has 176 valence electrons. The highest BCUT2D eigenvalue weighted by Gasteiger charge is 2.27. The van der Waals surface area contributed by atoms with Gasteiger partial charge in [0.25, 0.3) is 0 Å². The maximum atomic E-state index is 12.2. The number of hydrogen-bond donors (Lipinski definition) is 0. The number of hydrogen-bond acceptors (Lipinski definition) is 4. The average molecular weight is 464 g/mol. The van der Waals surface area contributed by atoms with Crippen molar-refractivity contribution in [2.24, 2.45) is 5.92 Å². The van der Waals surface area contributed by atoms with Crippen LogP contribution in [-0.4, -0.2) is 18.1 Å². The lowest BCUT2D eigenvalue weighted by atomic mass is 9.82. The Morgan fingerprint density at radius 3 is 2.40 bits per heavy atom. The predicted octanol–water partition coefficient (Wildman–Crippen LogP) is 7.53. The molecule has 1 heterocycles. The van der Waals surface area contributed by atoms with Crippen LogP contribution in [0.5, 0.6) is 0 Å². The third-order valence-corrected chi connectivity index (χ3v) is 6.84. The zero-order chi connectivity index (χ0) is 24.2. The highest BCUT2D eigenvalue weighted by atomic mass is 16.5. The Bertz CT molecular complexity index is 1300. The van der Waals surface area contributed by atoms with E-state index in [1.165, 1.54) is 7.11 Å². The molecule has 1 atom stereocenters. The van der Waals surface area contributed by atoms with Crippen LogP contribution >= 0.6 is 0 Å². The normalized spacial score (nSPS) is 15.5. The number of rotatable bonds is 6. The summed E-state index contributed by atoms with van der Waals surface area (Å²) in [6.07, 6.45) is 6.30. The van der Waals surface area contributed by atoms with Gasteiger partial charge in [-0.15, -0.1) is 0 Å². The number of allylic oxidation sites excluding steroid dienone is 2. The Labute approximate surface area is 206 Å². The van der Waals surface area contributed by atoms with Gasteiger partial charge >= 0.3 is 5.97 Å². The highest BCUT2D eigenvalue weighted by Crippen LogP contribution is 2.40. The first-order chi connectivity index (χ1) is 17.2. The van der Waals surface area contributed by atoms with Crippen LogP contribution in [0.3, 0.4) is 0 Å². The number of benzene rings is 3. The topological polar surface area (TPSA) is 52.3 Å². The molecule has 3 aromatic carbocycles. The van der Waals surface area contributed by atoms with Crippen molar-refractivity contribution in [1.29, 1.82) is 0 Å². The van der Waals surface area contributed by atoms with E-state index in [0.717, 1.165) is 65.0 Å². The van der Waals surface area contributed by atoms with Gasteiger partial charge in [0.2, 0.25) is 5.89 Å². The SMILES string of the molecule is COC(=O)c1cccc(CC2CCCC=C2c2nc(-c3ccccc3)c(-c3ccccc3)o2)c1C. The first kappa shape index (κ1) is 22.9. The van der Waals surface area contributed by atoms with Gasteiger partial charge in [0.05, 0.1) is 12.7 Å². The van der Waals surface area contributed by atoms with E-state index in [9.17, 15) is 4.79 Å². The molecular weight excluding hydrogens is 434 g/mol. The second kappa shape index (κ2) is 10.1. The molecule has 5 rings (SSSR count). The maximum Gasteiger partial charge on any atom is 0.338 e. The van der Waals surface area contributed by atoms with E-state index < -0.39 is 0 Å². The van der Waals surface area contributed by atoms with Crippen molar-refractivity contribution >= 4 is 11.5 Å². The van der Waals surface area contributed by atoms with Crippen LogP contribution in [0.1, 0.15) is 46.6 Å². The molecule has 1 aliphatic rings. The number of nitrogens with zero attached hydrogens (tertiary/aromatic N) is 1. The standard InChI is InChI=1S/C31H29NO3/c1-21-24(17-11-19-26(21)31(33)34-2)20-25-16-9-10-18-27(25)30-32-28(22-12-5-3-6-13-22)29(35-30)23-14-7-4-8-15-23/h3-8,11-15,17-19,25H,9-10,16,20H2,1-2H3. The monoisotopic (exact) mass is 463 g/mol. The number of oxazole rings is 1. The molecule has 0 saturated carbocycles. The Hall–Kier alpha value is -3.92. The number of carbonyl (C=O) groups excluding carboxylic acids is 1. The predicted molar refractivity (Wildman–Crippen MR) is 139 cm³/mol. The molecule has 1 unspecified atom stereocenters. The molecule has 0 N–H and O–H groups in total. The fourth-order valence-corrected chi connectivity index (χ4v) is 4.94. The van der Waals surface area contributed by atoms with Gasteiger partial charge in [-0.05, 0) is 55.7 Å². The Morgan fingerprint density at radius 1 is 0.971 bits per heavy atom. The lowest BCUT2D eigenvalue weighted by Crippen LogP contribution is -2.13. The summed E-state index contributed by atoms with van der Waals surface area (Å²) >= 11 is 0. The Morgan fingerprint density at radius 2 is 1.69 bits per heavy atom. The van der Waals surface area contributed by atoms with E-state index in [-0.39, 0.29) is 11.9 Å². The smallest absolute Gasteiger partial charge is 0.338 e. The van der Waals surface area contributed by atoms with Crippen molar-refractivity contribution in [3.63, 3.8) is 0 Å². The van der Waals surface area contributed by atoms with Crippen LogP contribution < -0.4 is 0 Å². The van der Waals surface area contributed by atoms with Crippen LogP contribution in [0, 0.1) is 12.8 Å². The highest BCUT2D eigenvalue weighted by molar-refractivity contribution is 5.91. The molecule has 4 nitrogen and oxygen atoms in total. The molecule has 0 bridgehead atoms. The molecule has 0 saturated heterocycles. The molecule has 4 heteroatoms. The Kier molecular flexibility index (Phi) is 6.62. The quantitative estimate of drug-likeness (QED) is 0.277. The lowest BCUT2D eigenvalue weighted by Gasteiger charge is -2.23. The van der Waals surface area contributed by atoms with Gasteiger partial charge in [0.1, 0.15) is 5.69 Å². The number of esters is 1. The first-order valence-corrected chi connectivity index (χ1v) is 12.1. The van der Waals surface area contributed by atoms with Crippen LogP contribution in [0.4, 0.5) is 0 Å². The van der Waals surface area contributed by atoms with Gasteiger partial charge in [0.15, 0.2) is 5.76 Å². The van der Waals surface area contributed by atoms with Crippen molar-refractivity contribution in [2.45, 2.75) is 32.6 Å². The summed E-state index contributed by atoms with van der Waals surface area (Å²) in [6.45, 7) is 2.00. The summed E-state index contributed by atoms with van der Waals surface area (Å²) in [5.74, 6) is 1.45. The summed E-state index contributed by atoms with van der Waals surface area (Å²) in [6, 6.07) is 26.2. The van der Waals surface area contributed by atoms with Gasteiger partial charge in [0, 0.05) is 16.7 Å². The summed E-state index contributed by atoms with van der Waals surface area (Å²) in [4.78, 5) is 17.3. The summed E-state index contributed by atoms with van der Waals surface area (Å²) in [7, 11) is 1.42. The zero-order valence-electron chi connectivity index (χ0n) is 20.2. The van der Waals surface area contributed by atoms with Crippen LogP contribution in [0.2, 0.25) is 0 Å². The van der Waals surface area contributed by atoms with Crippen molar-refractivity contribution in [2.75, 3.05) is 7.11 Å². The number of carbonyl (C=O) groups is 1. The van der Waals surface area contributed by atoms with Crippen LogP contribution in [-0.2, 0) is 11.2 Å². The van der Waals surface area contributed by atoms with Gasteiger partial charge in [-0.1, -0.05) is 78.9 Å². The third-order valence-electron chi connectivity index (χ3n) is 6.84. The van der Waals surface area contributed by atoms with Gasteiger partial charge in [-0.2, -0.15) is 0 Å². The minimum Gasteiger partial charge on any atom is -0.465 e. The molecule has 0 aliphatic heterocycles. The molecule has 4 aromatic rings. The Balaban J connectivity index is 1.53. The van der Waals surface area contributed by atoms with E-state index in [1.807, 2.05) is 55.5 Å². The van der Waals surface area contributed by atoms with Crippen molar-refractivity contribution in [3.05, 3.63) is 108 Å². The first-order valence-electron chi connectivity index (χ1n) is 12.1. The summed E-state index contributed by atoms with van der Waals surface area (Å²) in [5.41, 5.74) is 6.82. The van der Waals surface area contributed by atoms with Gasteiger partial charge in [-0.3, -0.25) is 0 Å². The molecule has 1 aromatic heterocycles. The fraction of sp³-hybridized carbons (Fsp3) is 0.226. The molecule has 35 heavy (non-hydrogen) atoms. The van der Waals surface area contributed by atoms with E-state index in [0.29, 0.717) is 11.5 Å². The minimum atomic E-state index is -0.295. The van der Waals surface area contributed by atoms with Crippen molar-refractivity contribution < 1.29 is 13.9 Å². The number of methoxy groups -OCH3 is 1. The molecule has 1 aliphatic carbocycles. The van der Waals surface area contributed by atoms with Gasteiger partial charge in [-0.25, -0.2) is 9.78 Å². The minimum absolute atomic E-state index is 0.265. The van der Waals surface area contributed by atoms with Gasteiger partial charge < -0.3 is 9.15 Å². The van der Waals surface area contributed by atoms with E-state index in [4.69, 9.17) is 14.1 Å². The summed E-state index contributed by atoms with van der Waals surface area (Å²) in [5, 5.41) is 0. The zero-order valence-corrected chi connectivity index (χ0v) is 20.2. The largest absolute Gasteiger partial charge is 0.465 e. The number of aromatic nitrogens is 1. The van der Waals surface area contributed by atoms with E-state index in [1.54, 1.807) is 0 Å². The van der Waals surface area contributed by atoms with Crippen molar-refractivity contribution in [3.8, 4) is 22.6 Å². The second-order valence-corrected chi connectivity index (χ2v) is 9.00. The van der Waals surface area contributed by atoms with E-state index >= 15 is 0 Å². The summed E-state index contributed by atoms with van der Waals surface area (Å²) < 4.78 is 11.5. The van der Waals surface area contributed by atoms with Crippen LogP contribution in [0.25, 0.3) is 28.2 Å². The number of ether oxygens (including phenoxy) is 1. The third kappa shape index (κ3) is 4.69. The average Bonchev–Trinajstić information content (AvgIpc) is 3.36. The molecule has 0 radical (unpaired) electrons. The lowest BCUT2D eigenvalue weighted by molar-refractivity contribution is 0.0599. The molecule has 0 amide bonds. The van der Waals surface area contributed by atoms with Crippen LogP contribution in [0.15, 0.2) is 89.4 Å². The second-order valence-electron chi connectivity index (χ2n) is 9.00. The van der Waals surface area contributed by atoms with Crippen molar-refractivity contribution in [1.82, 2.24) is 4.98 Å². The molecular formula is C31H29NO3. The molecule has 0 spiro atoms. The fourth-order valence-electron chi connectivity index (χ4n) is 4.94. The maximum absolute atomic E-state index is 12.2.